The zero-order chi connectivity index (χ0) is 16.8. The molecule has 5 heteroatoms. The van der Waals surface area contributed by atoms with E-state index in [0.717, 1.165) is 28.3 Å². The van der Waals surface area contributed by atoms with Crippen molar-refractivity contribution in [2.24, 2.45) is 5.16 Å². The van der Waals surface area contributed by atoms with Crippen LogP contribution in [0.25, 0.3) is 0 Å². The van der Waals surface area contributed by atoms with Gasteiger partial charge in [-0.1, -0.05) is 35.5 Å². The van der Waals surface area contributed by atoms with Crippen LogP contribution in [0, 0.1) is 0 Å². The first kappa shape index (κ1) is 16.3. The van der Waals surface area contributed by atoms with Crippen LogP contribution >= 0.6 is 0 Å². The zero-order valence-electron chi connectivity index (χ0n) is 13.6. The van der Waals surface area contributed by atoms with Gasteiger partial charge < -0.3 is 19.4 Å². The van der Waals surface area contributed by atoms with Crippen LogP contribution in [0.4, 0.5) is 0 Å². The Hall–Kier alpha value is -2.53. The molecule has 3 rings (SSSR count). The number of hydrogen-bond donors (Lipinski definition) is 1. The van der Waals surface area contributed by atoms with E-state index in [4.69, 9.17) is 14.3 Å². The van der Waals surface area contributed by atoms with Gasteiger partial charge in [-0.2, -0.15) is 0 Å². The molecule has 0 amide bonds. The molecule has 0 radical (unpaired) electrons. The van der Waals surface area contributed by atoms with E-state index in [2.05, 4.69) is 5.16 Å². The van der Waals surface area contributed by atoms with E-state index in [1.54, 1.807) is 0 Å². The summed E-state index contributed by atoms with van der Waals surface area (Å²) in [7, 11) is 1.54. The van der Waals surface area contributed by atoms with Crippen LogP contribution in [0.5, 0.6) is 11.5 Å². The summed E-state index contributed by atoms with van der Waals surface area (Å²) in [5, 5.41) is 14.5. The molecule has 0 saturated carbocycles. The summed E-state index contributed by atoms with van der Waals surface area (Å²) in [5.41, 5.74) is 2.75. The van der Waals surface area contributed by atoms with Gasteiger partial charge >= 0.3 is 0 Å². The average Bonchev–Trinajstić information content (AvgIpc) is 2.61. The third-order valence-corrected chi connectivity index (χ3v) is 3.84. The van der Waals surface area contributed by atoms with Gasteiger partial charge in [0.05, 0.1) is 18.4 Å². The molecule has 0 fully saturated rings. The molecule has 1 heterocycles. The third-order valence-electron chi connectivity index (χ3n) is 3.84. The Morgan fingerprint density at radius 1 is 1.17 bits per heavy atom. The van der Waals surface area contributed by atoms with E-state index in [9.17, 15) is 5.11 Å². The predicted octanol–water partition coefficient (Wildman–Crippen LogP) is 2.80. The van der Waals surface area contributed by atoms with Gasteiger partial charge in [0.1, 0.15) is 25.2 Å². The third kappa shape index (κ3) is 3.86. The highest BCUT2D eigenvalue weighted by atomic mass is 16.6. The molecule has 0 saturated heterocycles. The molecular weight excluding hydrogens is 306 g/mol. The number of aliphatic hydroxyl groups is 1. The van der Waals surface area contributed by atoms with Crippen molar-refractivity contribution in [3.8, 4) is 11.5 Å². The molecule has 5 nitrogen and oxygen atoms in total. The van der Waals surface area contributed by atoms with Crippen LogP contribution < -0.4 is 9.47 Å². The number of oxime groups is 1. The summed E-state index contributed by atoms with van der Waals surface area (Å²) in [6, 6.07) is 15.3. The molecular formula is C19H21NO4. The Labute approximate surface area is 141 Å². The number of ether oxygens (including phenoxy) is 2. The van der Waals surface area contributed by atoms with Gasteiger partial charge in [-0.15, -0.1) is 0 Å². The molecule has 2 aromatic carbocycles. The largest absolute Gasteiger partial charge is 0.492 e. The highest BCUT2D eigenvalue weighted by Crippen LogP contribution is 2.29. The van der Waals surface area contributed by atoms with Crippen LogP contribution in [-0.4, -0.2) is 37.2 Å². The van der Waals surface area contributed by atoms with Gasteiger partial charge in [0, 0.05) is 18.4 Å². The molecule has 0 aromatic heterocycles. The second kappa shape index (κ2) is 7.84. The lowest BCUT2D eigenvalue weighted by atomic mass is 9.94. The van der Waals surface area contributed by atoms with Crippen molar-refractivity contribution in [2.75, 3.05) is 20.3 Å². The predicted molar refractivity (Wildman–Crippen MR) is 91.7 cm³/mol. The van der Waals surface area contributed by atoms with E-state index < -0.39 is 6.10 Å². The Morgan fingerprint density at radius 2 is 2.00 bits per heavy atom. The number of hydrogen-bond acceptors (Lipinski definition) is 5. The van der Waals surface area contributed by atoms with E-state index in [1.165, 1.54) is 7.11 Å². The summed E-state index contributed by atoms with van der Waals surface area (Å²) < 4.78 is 11.3. The van der Waals surface area contributed by atoms with Gasteiger partial charge in [-0.25, -0.2) is 0 Å². The lowest BCUT2D eigenvalue weighted by Crippen LogP contribution is -2.24. The van der Waals surface area contributed by atoms with Crippen molar-refractivity contribution < 1.29 is 19.4 Å². The van der Waals surface area contributed by atoms with Crippen molar-refractivity contribution >= 4 is 5.71 Å². The summed E-state index contributed by atoms with van der Waals surface area (Å²) in [5.74, 6) is 1.53. The van der Waals surface area contributed by atoms with Crippen molar-refractivity contribution in [1.29, 1.82) is 0 Å². The minimum absolute atomic E-state index is 0.227. The van der Waals surface area contributed by atoms with Gasteiger partial charge in [-0.05, 0) is 23.8 Å². The average molecular weight is 327 g/mol. The minimum atomic E-state index is -0.623. The zero-order valence-corrected chi connectivity index (χ0v) is 13.6. The lowest BCUT2D eigenvalue weighted by Gasteiger charge is -2.22. The van der Waals surface area contributed by atoms with E-state index in [-0.39, 0.29) is 6.61 Å². The van der Waals surface area contributed by atoms with Crippen LogP contribution in [0.1, 0.15) is 17.5 Å². The Balaban J connectivity index is 1.72. The first-order valence-electron chi connectivity index (χ1n) is 7.99. The van der Waals surface area contributed by atoms with Crippen LogP contribution in [-0.2, 0) is 11.3 Å². The summed E-state index contributed by atoms with van der Waals surface area (Å²) in [6.45, 7) is 0.809. The molecule has 1 aliphatic heterocycles. The molecule has 2 aromatic rings. The van der Waals surface area contributed by atoms with E-state index in [0.29, 0.717) is 19.4 Å². The van der Waals surface area contributed by atoms with Gasteiger partial charge in [0.25, 0.3) is 0 Å². The highest BCUT2D eigenvalue weighted by Gasteiger charge is 2.22. The maximum absolute atomic E-state index is 10.3. The highest BCUT2D eigenvalue weighted by molar-refractivity contribution is 6.04. The second-order valence-electron chi connectivity index (χ2n) is 5.59. The van der Waals surface area contributed by atoms with Crippen molar-refractivity contribution in [1.82, 2.24) is 0 Å². The fourth-order valence-corrected chi connectivity index (χ4v) is 2.80. The molecule has 0 spiro atoms. The van der Waals surface area contributed by atoms with Crippen LogP contribution in [0.3, 0.4) is 0 Å². The molecule has 1 N–H and O–H groups in total. The minimum Gasteiger partial charge on any atom is -0.492 e. The van der Waals surface area contributed by atoms with Crippen LogP contribution in [0.2, 0.25) is 0 Å². The molecule has 1 atom stereocenters. The number of fused-ring (bicyclic) bond motifs is 1. The number of rotatable bonds is 6. The number of nitrogens with zero attached hydrogens (tertiary/aromatic N) is 1. The molecule has 1 unspecified atom stereocenters. The summed E-state index contributed by atoms with van der Waals surface area (Å²) in [4.78, 5) is 4.95. The van der Waals surface area contributed by atoms with E-state index in [1.807, 2.05) is 48.5 Å². The topological polar surface area (TPSA) is 60.3 Å². The van der Waals surface area contributed by atoms with Crippen molar-refractivity contribution in [3.63, 3.8) is 0 Å². The number of aliphatic hydroxyl groups excluding tert-OH is 1. The Bertz CT molecular complexity index is 700. The van der Waals surface area contributed by atoms with Gasteiger partial charge in [-0.3, -0.25) is 0 Å². The van der Waals surface area contributed by atoms with Crippen molar-refractivity contribution in [2.45, 2.75) is 18.9 Å². The first-order chi connectivity index (χ1) is 11.8. The Morgan fingerprint density at radius 3 is 2.79 bits per heavy atom. The van der Waals surface area contributed by atoms with Gasteiger partial charge in [0.2, 0.25) is 0 Å². The lowest BCUT2D eigenvalue weighted by molar-refractivity contribution is 0.107. The maximum atomic E-state index is 10.3. The second-order valence-corrected chi connectivity index (χ2v) is 5.59. The SMILES string of the molecule is CO/N=C1/CCOc2cccc(CC(O)COc3ccccc3)c21. The Kier molecular flexibility index (Phi) is 5.33. The molecule has 0 aliphatic carbocycles. The fraction of sp³-hybridized carbons (Fsp3) is 0.316. The molecule has 1 aliphatic rings. The van der Waals surface area contributed by atoms with Crippen molar-refractivity contribution in [3.05, 3.63) is 59.7 Å². The monoisotopic (exact) mass is 327 g/mol. The number of para-hydroxylation sites is 1. The van der Waals surface area contributed by atoms with Gasteiger partial charge in [0.15, 0.2) is 0 Å². The van der Waals surface area contributed by atoms with E-state index >= 15 is 0 Å². The number of benzene rings is 2. The standard InChI is InChI=1S/C19H21NO4/c1-22-20-17-10-11-23-18-9-5-6-14(19(17)18)12-15(21)13-24-16-7-3-2-4-8-16/h2-9,15,21H,10-13H2,1H3/b20-17-. The fourth-order valence-electron chi connectivity index (χ4n) is 2.80. The first-order valence-corrected chi connectivity index (χ1v) is 7.99. The summed E-state index contributed by atoms with van der Waals surface area (Å²) >= 11 is 0. The maximum Gasteiger partial charge on any atom is 0.128 e. The molecule has 24 heavy (non-hydrogen) atoms. The summed E-state index contributed by atoms with van der Waals surface area (Å²) in [6.07, 6.45) is 0.527. The normalized spacial score (nSPS) is 16.2. The van der Waals surface area contributed by atoms with Crippen LogP contribution in [0.15, 0.2) is 53.7 Å². The molecule has 126 valence electrons. The quantitative estimate of drug-likeness (QED) is 0.829. The smallest absolute Gasteiger partial charge is 0.128 e. The molecule has 0 bridgehead atoms.